The topological polar surface area (TPSA) is 17.1 Å². The number of thiophene rings is 1. The van der Waals surface area contributed by atoms with E-state index in [1.807, 2.05) is 12.3 Å². The molecular weight excluding hydrogens is 187 g/mol. The molecule has 1 nitrogen and oxygen atoms in total. The molecule has 0 aliphatic heterocycles. The second-order valence-corrected chi connectivity index (χ2v) is 3.80. The van der Waals surface area contributed by atoms with E-state index in [2.05, 4.69) is 0 Å². The molecule has 0 saturated heterocycles. The van der Waals surface area contributed by atoms with Gasteiger partial charge in [-0.3, -0.25) is 4.79 Å². The van der Waals surface area contributed by atoms with Crippen LogP contribution in [0, 0.1) is 12.7 Å². The van der Waals surface area contributed by atoms with Crippen molar-refractivity contribution in [2.75, 3.05) is 0 Å². The molecule has 2 rings (SSSR count). The van der Waals surface area contributed by atoms with Gasteiger partial charge >= 0.3 is 0 Å². The number of halogens is 1. The average molecular weight is 194 g/mol. The lowest BCUT2D eigenvalue weighted by Gasteiger charge is -1.95. The van der Waals surface area contributed by atoms with Gasteiger partial charge in [0.2, 0.25) is 0 Å². The number of hydrogen-bond donors (Lipinski definition) is 0. The molecule has 1 heterocycles. The molecule has 0 unspecified atom stereocenters. The summed E-state index contributed by atoms with van der Waals surface area (Å²) in [5, 5.41) is 2.73. The number of hydrogen-bond acceptors (Lipinski definition) is 2. The first-order valence-corrected chi connectivity index (χ1v) is 4.73. The van der Waals surface area contributed by atoms with Gasteiger partial charge in [-0.25, -0.2) is 4.39 Å². The van der Waals surface area contributed by atoms with Crippen LogP contribution in [-0.4, -0.2) is 6.29 Å². The normalized spacial score (nSPS) is 10.6. The van der Waals surface area contributed by atoms with Crippen molar-refractivity contribution < 1.29 is 9.18 Å². The SMILES string of the molecule is Cc1csc2c(F)cc(C=O)cc12. The molecule has 0 aliphatic carbocycles. The lowest BCUT2D eigenvalue weighted by Crippen LogP contribution is -1.83. The van der Waals surface area contributed by atoms with Crippen LogP contribution in [0.2, 0.25) is 0 Å². The Kier molecular flexibility index (Phi) is 1.88. The molecule has 2 aromatic rings. The number of carbonyl (C=O) groups excluding carboxylic acids is 1. The maximum atomic E-state index is 13.3. The summed E-state index contributed by atoms with van der Waals surface area (Å²) in [6.45, 7) is 1.91. The predicted octanol–water partition coefficient (Wildman–Crippen LogP) is 3.16. The maximum Gasteiger partial charge on any atom is 0.150 e. The number of fused-ring (bicyclic) bond motifs is 1. The summed E-state index contributed by atoms with van der Waals surface area (Å²) in [4.78, 5) is 10.5. The van der Waals surface area contributed by atoms with Crippen LogP contribution in [0.4, 0.5) is 4.39 Å². The zero-order valence-corrected chi connectivity index (χ0v) is 7.82. The maximum absolute atomic E-state index is 13.3. The van der Waals surface area contributed by atoms with Crippen LogP contribution in [0.1, 0.15) is 15.9 Å². The Bertz CT molecular complexity index is 473. The Labute approximate surface area is 78.8 Å². The zero-order valence-electron chi connectivity index (χ0n) is 7.00. The van der Waals surface area contributed by atoms with Crippen molar-refractivity contribution in [3.63, 3.8) is 0 Å². The lowest BCUT2D eigenvalue weighted by molar-refractivity contribution is 0.112. The van der Waals surface area contributed by atoms with E-state index in [0.717, 1.165) is 10.9 Å². The van der Waals surface area contributed by atoms with E-state index in [1.54, 1.807) is 6.07 Å². The molecule has 0 saturated carbocycles. The van der Waals surface area contributed by atoms with Crippen molar-refractivity contribution in [1.82, 2.24) is 0 Å². The van der Waals surface area contributed by atoms with Crippen LogP contribution in [-0.2, 0) is 0 Å². The van der Waals surface area contributed by atoms with Crippen LogP contribution in [0.5, 0.6) is 0 Å². The molecule has 0 N–H and O–H groups in total. The monoisotopic (exact) mass is 194 g/mol. The van der Waals surface area contributed by atoms with Crippen LogP contribution in [0.3, 0.4) is 0 Å². The first kappa shape index (κ1) is 8.38. The summed E-state index contributed by atoms with van der Waals surface area (Å²) in [5.41, 5.74) is 1.41. The van der Waals surface area contributed by atoms with Crippen LogP contribution < -0.4 is 0 Å². The van der Waals surface area contributed by atoms with E-state index in [0.29, 0.717) is 16.5 Å². The van der Waals surface area contributed by atoms with Gasteiger partial charge < -0.3 is 0 Å². The zero-order chi connectivity index (χ0) is 9.42. The van der Waals surface area contributed by atoms with E-state index in [9.17, 15) is 9.18 Å². The third-order valence-electron chi connectivity index (χ3n) is 1.98. The standard InChI is InChI=1S/C10H7FOS/c1-6-5-13-10-8(6)2-7(4-12)3-9(10)11/h2-5H,1H3. The molecule has 0 bridgehead atoms. The number of rotatable bonds is 1. The largest absolute Gasteiger partial charge is 0.298 e. The van der Waals surface area contributed by atoms with Gasteiger partial charge in [-0.05, 0) is 35.4 Å². The van der Waals surface area contributed by atoms with Gasteiger partial charge in [0.25, 0.3) is 0 Å². The molecule has 13 heavy (non-hydrogen) atoms. The third kappa shape index (κ3) is 1.25. The number of carbonyl (C=O) groups is 1. The van der Waals surface area contributed by atoms with E-state index >= 15 is 0 Å². The molecular formula is C10H7FOS. The van der Waals surface area contributed by atoms with Crippen LogP contribution in [0.15, 0.2) is 17.5 Å². The molecule has 1 aromatic heterocycles. The minimum Gasteiger partial charge on any atom is -0.298 e. The molecule has 3 heteroatoms. The summed E-state index contributed by atoms with van der Waals surface area (Å²) < 4.78 is 13.9. The van der Waals surface area contributed by atoms with Gasteiger partial charge in [-0.2, -0.15) is 0 Å². The highest BCUT2D eigenvalue weighted by molar-refractivity contribution is 7.17. The number of benzene rings is 1. The molecule has 0 radical (unpaired) electrons. The predicted molar refractivity (Wildman–Crippen MR) is 51.9 cm³/mol. The van der Waals surface area contributed by atoms with Gasteiger partial charge in [-0.1, -0.05) is 0 Å². The highest BCUT2D eigenvalue weighted by atomic mass is 32.1. The van der Waals surface area contributed by atoms with Crippen LogP contribution in [0.25, 0.3) is 10.1 Å². The van der Waals surface area contributed by atoms with Gasteiger partial charge in [0, 0.05) is 5.56 Å². The molecule has 0 fully saturated rings. The Hall–Kier alpha value is -1.22. The Morgan fingerprint density at radius 2 is 2.23 bits per heavy atom. The molecule has 0 amide bonds. The third-order valence-corrected chi connectivity index (χ3v) is 3.10. The van der Waals surface area contributed by atoms with Crippen molar-refractivity contribution in [2.45, 2.75) is 6.92 Å². The molecule has 0 atom stereocenters. The molecule has 0 aliphatic rings. The van der Waals surface area contributed by atoms with Crippen molar-refractivity contribution in [1.29, 1.82) is 0 Å². The van der Waals surface area contributed by atoms with E-state index in [1.165, 1.54) is 17.4 Å². The second kappa shape index (κ2) is 2.92. The summed E-state index contributed by atoms with van der Waals surface area (Å²) in [6.07, 6.45) is 0.666. The van der Waals surface area contributed by atoms with Gasteiger partial charge in [-0.15, -0.1) is 11.3 Å². The van der Waals surface area contributed by atoms with E-state index < -0.39 is 0 Å². The Balaban J connectivity index is 2.87. The second-order valence-electron chi connectivity index (χ2n) is 2.92. The van der Waals surface area contributed by atoms with E-state index in [-0.39, 0.29) is 5.82 Å². The molecule has 1 aromatic carbocycles. The summed E-state index contributed by atoms with van der Waals surface area (Å²) in [5.74, 6) is -0.308. The Morgan fingerprint density at radius 3 is 2.92 bits per heavy atom. The minimum atomic E-state index is -0.308. The van der Waals surface area contributed by atoms with Gasteiger partial charge in [0.1, 0.15) is 12.1 Å². The van der Waals surface area contributed by atoms with Crippen molar-refractivity contribution in [3.05, 3.63) is 34.5 Å². The first-order valence-electron chi connectivity index (χ1n) is 3.85. The average Bonchev–Trinajstić information content (AvgIpc) is 2.48. The Morgan fingerprint density at radius 1 is 1.46 bits per heavy atom. The smallest absolute Gasteiger partial charge is 0.150 e. The van der Waals surface area contributed by atoms with Crippen molar-refractivity contribution >= 4 is 27.7 Å². The van der Waals surface area contributed by atoms with E-state index in [4.69, 9.17) is 0 Å². The molecule has 66 valence electrons. The fourth-order valence-corrected chi connectivity index (χ4v) is 2.25. The number of aldehydes is 1. The number of aryl methyl sites for hydroxylation is 1. The van der Waals surface area contributed by atoms with Crippen molar-refractivity contribution in [3.8, 4) is 0 Å². The van der Waals surface area contributed by atoms with Gasteiger partial charge in [0.05, 0.1) is 4.70 Å². The fourth-order valence-electron chi connectivity index (χ4n) is 1.31. The molecule has 0 spiro atoms. The fraction of sp³-hybridized carbons (Fsp3) is 0.100. The van der Waals surface area contributed by atoms with Gasteiger partial charge in [0.15, 0.2) is 0 Å². The lowest BCUT2D eigenvalue weighted by atomic mass is 10.1. The summed E-state index contributed by atoms with van der Waals surface area (Å²) >= 11 is 1.37. The van der Waals surface area contributed by atoms with Crippen LogP contribution >= 0.6 is 11.3 Å². The first-order chi connectivity index (χ1) is 6.22. The highest BCUT2D eigenvalue weighted by Crippen LogP contribution is 2.28. The summed E-state index contributed by atoms with van der Waals surface area (Å²) in [7, 11) is 0. The summed E-state index contributed by atoms with van der Waals surface area (Å²) in [6, 6.07) is 2.99. The quantitative estimate of drug-likeness (QED) is 0.637. The van der Waals surface area contributed by atoms with Crippen molar-refractivity contribution in [2.24, 2.45) is 0 Å². The highest BCUT2D eigenvalue weighted by Gasteiger charge is 2.06. The minimum absolute atomic E-state index is 0.308.